The molecule has 3 fully saturated rings. The summed E-state index contributed by atoms with van der Waals surface area (Å²) in [7, 11) is 0. The Labute approximate surface area is 170 Å². The maximum atomic E-state index is 13.5. The molecule has 4 atom stereocenters. The van der Waals surface area contributed by atoms with Crippen molar-refractivity contribution in [2.45, 2.75) is 43.6 Å². The lowest BCUT2D eigenvalue weighted by molar-refractivity contribution is -0.167. The predicted octanol–water partition coefficient (Wildman–Crippen LogP) is 2.34. The standard InChI is InChI=1S/C22H27N3O2S/c26-19-9-4-10-25-20(16-6-2-1-3-7-16)22(27)24-12-11-23(15-18(24)21(19)25)14-17-8-5-13-28-17/h1-3,5-8,13,18-21,26H,4,9-12,14-15H2. The highest BCUT2D eigenvalue weighted by molar-refractivity contribution is 7.09. The Bertz CT molecular complexity index is 812. The highest BCUT2D eigenvalue weighted by Crippen LogP contribution is 2.39. The second kappa shape index (κ2) is 7.59. The molecule has 3 aliphatic rings. The summed E-state index contributed by atoms with van der Waals surface area (Å²) in [5.74, 6) is 0.206. The predicted molar refractivity (Wildman–Crippen MR) is 110 cm³/mol. The fourth-order valence-corrected chi connectivity index (χ4v) is 6.02. The minimum absolute atomic E-state index is 0.0165. The summed E-state index contributed by atoms with van der Waals surface area (Å²) in [5.41, 5.74) is 1.05. The maximum absolute atomic E-state index is 13.5. The van der Waals surface area contributed by atoms with E-state index in [0.717, 1.165) is 51.1 Å². The van der Waals surface area contributed by atoms with Gasteiger partial charge in [0.25, 0.3) is 0 Å². The molecule has 3 saturated heterocycles. The molecule has 28 heavy (non-hydrogen) atoms. The third-order valence-corrected chi connectivity index (χ3v) is 7.37. The monoisotopic (exact) mass is 397 g/mol. The minimum Gasteiger partial charge on any atom is -0.391 e. The number of aliphatic hydroxyl groups is 1. The summed E-state index contributed by atoms with van der Waals surface area (Å²) in [6, 6.07) is 14.2. The van der Waals surface area contributed by atoms with Crippen molar-refractivity contribution in [1.29, 1.82) is 0 Å². The molecule has 5 rings (SSSR count). The van der Waals surface area contributed by atoms with Crippen molar-refractivity contribution in [3.8, 4) is 0 Å². The summed E-state index contributed by atoms with van der Waals surface area (Å²) in [6.45, 7) is 4.28. The summed E-state index contributed by atoms with van der Waals surface area (Å²) < 4.78 is 0. The van der Waals surface area contributed by atoms with Gasteiger partial charge in [0, 0.05) is 31.1 Å². The zero-order chi connectivity index (χ0) is 19.1. The summed E-state index contributed by atoms with van der Waals surface area (Å²) >= 11 is 1.79. The molecule has 5 nitrogen and oxygen atoms in total. The first kappa shape index (κ1) is 18.3. The number of nitrogens with zero attached hydrogens (tertiary/aromatic N) is 3. The van der Waals surface area contributed by atoms with Crippen LogP contribution in [0.2, 0.25) is 0 Å². The van der Waals surface area contributed by atoms with Crippen molar-refractivity contribution < 1.29 is 9.90 Å². The van der Waals surface area contributed by atoms with Gasteiger partial charge in [0.15, 0.2) is 0 Å². The molecule has 0 aliphatic carbocycles. The van der Waals surface area contributed by atoms with Crippen molar-refractivity contribution in [3.63, 3.8) is 0 Å². The van der Waals surface area contributed by atoms with Gasteiger partial charge in [-0.2, -0.15) is 0 Å². The second-order valence-electron chi connectivity index (χ2n) is 8.16. The Hall–Kier alpha value is -1.73. The van der Waals surface area contributed by atoms with Crippen LogP contribution >= 0.6 is 11.3 Å². The molecular weight excluding hydrogens is 370 g/mol. The van der Waals surface area contributed by atoms with Crippen LogP contribution in [-0.4, -0.2) is 70.1 Å². The van der Waals surface area contributed by atoms with Crippen molar-refractivity contribution >= 4 is 17.2 Å². The number of fused-ring (bicyclic) bond motifs is 3. The van der Waals surface area contributed by atoms with Crippen LogP contribution in [0.3, 0.4) is 0 Å². The van der Waals surface area contributed by atoms with Gasteiger partial charge in [0.2, 0.25) is 5.91 Å². The Morgan fingerprint density at radius 2 is 1.93 bits per heavy atom. The molecule has 3 aliphatic heterocycles. The van der Waals surface area contributed by atoms with E-state index in [4.69, 9.17) is 0 Å². The number of piperidine rings is 1. The fraction of sp³-hybridized carbons (Fsp3) is 0.500. The van der Waals surface area contributed by atoms with Crippen LogP contribution in [0.1, 0.15) is 29.3 Å². The van der Waals surface area contributed by atoms with Crippen molar-refractivity contribution in [2.24, 2.45) is 0 Å². The van der Waals surface area contributed by atoms with Gasteiger partial charge in [-0.25, -0.2) is 0 Å². The lowest BCUT2D eigenvalue weighted by Gasteiger charge is -2.57. The van der Waals surface area contributed by atoms with Crippen LogP contribution in [0.4, 0.5) is 0 Å². The Kier molecular flexibility index (Phi) is 4.97. The molecule has 4 unspecified atom stereocenters. The van der Waals surface area contributed by atoms with Gasteiger partial charge in [-0.1, -0.05) is 36.4 Å². The third-order valence-electron chi connectivity index (χ3n) is 6.51. The van der Waals surface area contributed by atoms with E-state index >= 15 is 0 Å². The Morgan fingerprint density at radius 1 is 1.07 bits per heavy atom. The van der Waals surface area contributed by atoms with E-state index in [9.17, 15) is 9.90 Å². The van der Waals surface area contributed by atoms with Crippen LogP contribution < -0.4 is 0 Å². The quantitative estimate of drug-likeness (QED) is 0.864. The van der Waals surface area contributed by atoms with E-state index in [0.29, 0.717) is 0 Å². The molecule has 0 saturated carbocycles. The number of rotatable bonds is 3. The highest BCUT2D eigenvalue weighted by Gasteiger charge is 2.52. The zero-order valence-electron chi connectivity index (χ0n) is 16.0. The molecule has 4 heterocycles. The number of hydrogen-bond acceptors (Lipinski definition) is 5. The molecule has 6 heteroatoms. The topological polar surface area (TPSA) is 47.0 Å². The average Bonchev–Trinajstić information content (AvgIpc) is 3.22. The fourth-order valence-electron chi connectivity index (χ4n) is 5.27. The third kappa shape index (κ3) is 3.18. The number of piperazine rings is 2. The maximum Gasteiger partial charge on any atom is 0.244 e. The molecule has 1 amide bonds. The van der Waals surface area contributed by atoms with Crippen molar-refractivity contribution in [2.75, 3.05) is 26.2 Å². The van der Waals surface area contributed by atoms with Gasteiger partial charge in [-0.3, -0.25) is 14.6 Å². The van der Waals surface area contributed by atoms with E-state index < -0.39 is 0 Å². The van der Waals surface area contributed by atoms with Crippen molar-refractivity contribution in [1.82, 2.24) is 14.7 Å². The summed E-state index contributed by atoms with van der Waals surface area (Å²) in [6.07, 6.45) is 1.40. The number of amides is 1. The van der Waals surface area contributed by atoms with Gasteiger partial charge in [-0.05, 0) is 36.4 Å². The number of thiophene rings is 1. The highest BCUT2D eigenvalue weighted by atomic mass is 32.1. The van der Waals surface area contributed by atoms with Crippen LogP contribution in [0.15, 0.2) is 47.8 Å². The number of aliphatic hydroxyl groups excluding tert-OH is 1. The van der Waals surface area contributed by atoms with Gasteiger partial charge in [-0.15, -0.1) is 11.3 Å². The van der Waals surface area contributed by atoms with E-state index in [1.165, 1.54) is 4.88 Å². The molecule has 1 aromatic carbocycles. The van der Waals surface area contributed by atoms with Crippen molar-refractivity contribution in [3.05, 3.63) is 58.3 Å². The zero-order valence-corrected chi connectivity index (χ0v) is 16.8. The largest absolute Gasteiger partial charge is 0.391 e. The molecule has 1 aromatic heterocycles. The first-order chi connectivity index (χ1) is 13.7. The number of hydrogen-bond donors (Lipinski definition) is 1. The normalized spacial score (nSPS) is 31.5. The lowest BCUT2D eigenvalue weighted by Crippen LogP contribution is -2.72. The molecule has 148 valence electrons. The molecule has 0 spiro atoms. The minimum atomic E-state index is -0.373. The summed E-state index contributed by atoms with van der Waals surface area (Å²) in [5, 5.41) is 13.1. The molecule has 1 N–H and O–H groups in total. The first-order valence-corrected chi connectivity index (χ1v) is 11.1. The smallest absolute Gasteiger partial charge is 0.244 e. The average molecular weight is 398 g/mol. The van der Waals surface area contributed by atoms with E-state index in [1.807, 2.05) is 30.3 Å². The SMILES string of the molecule is O=C1C(c2ccccc2)N2CCCC(O)C2C2CN(Cc3cccs3)CCN12. The molecule has 0 bridgehead atoms. The second-order valence-corrected chi connectivity index (χ2v) is 9.20. The van der Waals surface area contributed by atoms with Gasteiger partial charge >= 0.3 is 0 Å². The Balaban J connectivity index is 1.44. The van der Waals surface area contributed by atoms with Gasteiger partial charge in [0.1, 0.15) is 6.04 Å². The van der Waals surface area contributed by atoms with Crippen LogP contribution in [0.5, 0.6) is 0 Å². The van der Waals surface area contributed by atoms with Gasteiger partial charge < -0.3 is 10.0 Å². The lowest BCUT2D eigenvalue weighted by atomic mass is 9.83. The Morgan fingerprint density at radius 3 is 2.71 bits per heavy atom. The molecular formula is C22H27N3O2S. The van der Waals surface area contributed by atoms with E-state index in [2.05, 4.69) is 32.2 Å². The van der Waals surface area contributed by atoms with Crippen LogP contribution in [0, 0.1) is 0 Å². The van der Waals surface area contributed by atoms with Gasteiger partial charge in [0.05, 0.1) is 18.2 Å². The summed E-state index contributed by atoms with van der Waals surface area (Å²) in [4.78, 5) is 21.7. The molecule has 2 aromatic rings. The van der Waals surface area contributed by atoms with E-state index in [1.54, 1.807) is 11.3 Å². The molecule has 0 radical (unpaired) electrons. The number of carbonyl (C=O) groups excluding carboxylic acids is 1. The van der Waals surface area contributed by atoms with E-state index in [-0.39, 0.29) is 30.1 Å². The van der Waals surface area contributed by atoms with Crippen LogP contribution in [-0.2, 0) is 11.3 Å². The number of carbonyl (C=O) groups is 1. The van der Waals surface area contributed by atoms with Crippen LogP contribution in [0.25, 0.3) is 0 Å². The number of benzene rings is 1. The first-order valence-electron chi connectivity index (χ1n) is 10.3.